The zero-order valence-corrected chi connectivity index (χ0v) is 14.1. The number of H-pyrrole nitrogens is 2. The lowest BCUT2D eigenvalue weighted by Crippen LogP contribution is -2.04. The predicted octanol–water partition coefficient (Wildman–Crippen LogP) is 5.08. The Balaban J connectivity index is 2.03. The van der Waals surface area contributed by atoms with E-state index in [2.05, 4.69) is 82.8 Å². The molecule has 0 fully saturated rings. The molecule has 0 unspecified atom stereocenters. The third-order valence-electron chi connectivity index (χ3n) is 5.41. The van der Waals surface area contributed by atoms with Gasteiger partial charge >= 0.3 is 0 Å². The van der Waals surface area contributed by atoms with E-state index in [4.69, 9.17) is 0 Å². The Bertz CT molecular complexity index is 1360. The van der Waals surface area contributed by atoms with E-state index in [-0.39, 0.29) is 0 Å². The molecule has 0 saturated carbocycles. The number of hydrogen-bond acceptors (Lipinski definition) is 0. The largest absolute Gasteiger partial charge is 0.219 e. The maximum absolute atomic E-state index is 3.49. The molecule has 2 heteroatoms. The maximum atomic E-state index is 3.49. The van der Waals surface area contributed by atoms with Crippen molar-refractivity contribution >= 4 is 54.1 Å². The SMILES string of the molecule is c1c[nH+]c2c(c1)ccc1ccc3ccc4ccc5ccc[nH+]c5c4c3c12. The summed E-state index contributed by atoms with van der Waals surface area (Å²) in [5, 5.41) is 10.1. The average molecular weight is 332 g/mol. The Labute approximate surface area is 149 Å². The van der Waals surface area contributed by atoms with E-state index in [1.165, 1.54) is 54.1 Å². The molecule has 4 aromatic carbocycles. The minimum atomic E-state index is 1.19. The highest BCUT2D eigenvalue weighted by Gasteiger charge is 2.16. The van der Waals surface area contributed by atoms with Crippen molar-refractivity contribution in [3.63, 3.8) is 0 Å². The molecule has 0 bridgehead atoms. The van der Waals surface area contributed by atoms with Crippen molar-refractivity contribution in [1.29, 1.82) is 0 Å². The Morgan fingerprint density at radius 1 is 0.385 bits per heavy atom. The van der Waals surface area contributed by atoms with Gasteiger partial charge in [-0.15, -0.1) is 0 Å². The smallest absolute Gasteiger partial charge is 0.211 e. The minimum Gasteiger partial charge on any atom is -0.211 e. The summed E-state index contributed by atoms with van der Waals surface area (Å²) in [5.41, 5.74) is 2.38. The van der Waals surface area contributed by atoms with E-state index in [1.54, 1.807) is 0 Å². The van der Waals surface area contributed by atoms with Crippen LogP contribution in [0.25, 0.3) is 54.1 Å². The summed E-state index contributed by atoms with van der Waals surface area (Å²) in [6.45, 7) is 0. The average Bonchev–Trinajstić information content (AvgIpc) is 2.72. The molecular formula is C24H16N2+2. The van der Waals surface area contributed by atoms with Crippen LogP contribution in [-0.2, 0) is 0 Å². The van der Waals surface area contributed by atoms with E-state index >= 15 is 0 Å². The summed E-state index contributed by atoms with van der Waals surface area (Å²) in [6.07, 6.45) is 4.02. The fourth-order valence-corrected chi connectivity index (χ4v) is 4.24. The molecule has 120 valence electrons. The molecule has 6 aromatic rings. The summed E-state index contributed by atoms with van der Waals surface area (Å²) in [4.78, 5) is 6.98. The fourth-order valence-electron chi connectivity index (χ4n) is 4.24. The number of hydrogen-bond donors (Lipinski definition) is 0. The summed E-state index contributed by atoms with van der Waals surface area (Å²) >= 11 is 0. The zero-order valence-electron chi connectivity index (χ0n) is 14.1. The summed E-state index contributed by atoms with van der Waals surface area (Å²) in [7, 11) is 0. The van der Waals surface area contributed by atoms with Crippen molar-refractivity contribution < 1.29 is 9.97 Å². The molecule has 26 heavy (non-hydrogen) atoms. The van der Waals surface area contributed by atoms with Crippen molar-refractivity contribution in [2.24, 2.45) is 0 Å². The first-order chi connectivity index (χ1) is 12.9. The number of aromatic amines is 2. The van der Waals surface area contributed by atoms with Crippen molar-refractivity contribution in [3.8, 4) is 0 Å². The monoisotopic (exact) mass is 332 g/mol. The third-order valence-corrected chi connectivity index (χ3v) is 5.41. The fraction of sp³-hybridized carbons (Fsp3) is 0. The Morgan fingerprint density at radius 3 is 1.23 bits per heavy atom. The predicted molar refractivity (Wildman–Crippen MR) is 107 cm³/mol. The summed E-state index contributed by atoms with van der Waals surface area (Å²) < 4.78 is 0. The number of nitrogens with one attached hydrogen (secondary N) is 2. The standard InChI is InChI=1S/C24H14N2/c1-3-18-11-9-16-7-5-15-6-8-17-10-12-19-4-2-14-26-24(19)22(17)20(15)21(16)23(18)25-13-1/h1-14H/p+2. The van der Waals surface area contributed by atoms with Crippen LogP contribution in [0.3, 0.4) is 0 Å². The lowest BCUT2D eigenvalue weighted by molar-refractivity contribution is -0.343. The van der Waals surface area contributed by atoms with Crippen LogP contribution in [0.1, 0.15) is 0 Å². The second kappa shape index (κ2) is 4.99. The molecule has 0 aliphatic rings. The van der Waals surface area contributed by atoms with Crippen LogP contribution in [0.2, 0.25) is 0 Å². The van der Waals surface area contributed by atoms with Crippen LogP contribution < -0.4 is 9.97 Å². The van der Waals surface area contributed by atoms with Crippen LogP contribution in [0.15, 0.2) is 85.2 Å². The van der Waals surface area contributed by atoms with Gasteiger partial charge in [0.2, 0.25) is 11.0 Å². The Hall–Kier alpha value is -3.52. The van der Waals surface area contributed by atoms with Gasteiger partial charge in [-0.25, -0.2) is 9.97 Å². The second-order valence-electron chi connectivity index (χ2n) is 6.83. The molecule has 2 aromatic heterocycles. The lowest BCUT2D eigenvalue weighted by Gasteiger charge is -2.08. The lowest BCUT2D eigenvalue weighted by atomic mass is 9.93. The van der Waals surface area contributed by atoms with E-state index in [9.17, 15) is 0 Å². The molecule has 0 aliphatic carbocycles. The van der Waals surface area contributed by atoms with Gasteiger partial charge in [-0.05, 0) is 40.4 Å². The Morgan fingerprint density at radius 2 is 0.769 bits per heavy atom. The number of benzene rings is 4. The molecule has 0 atom stereocenters. The maximum Gasteiger partial charge on any atom is 0.219 e. The first-order valence-electron chi connectivity index (χ1n) is 8.88. The minimum absolute atomic E-state index is 1.19. The zero-order chi connectivity index (χ0) is 17.1. The highest BCUT2D eigenvalue weighted by molar-refractivity contribution is 6.29. The number of rotatable bonds is 0. The first-order valence-corrected chi connectivity index (χ1v) is 8.88. The molecule has 2 heterocycles. The quantitative estimate of drug-likeness (QED) is 0.347. The molecular weight excluding hydrogens is 316 g/mol. The number of fused-ring (bicyclic) bond motifs is 9. The summed E-state index contributed by atoms with van der Waals surface area (Å²) in [6, 6.07) is 26.2. The van der Waals surface area contributed by atoms with Crippen LogP contribution in [0.5, 0.6) is 0 Å². The van der Waals surface area contributed by atoms with Gasteiger partial charge in [0.25, 0.3) is 0 Å². The van der Waals surface area contributed by atoms with Crippen LogP contribution in [0, 0.1) is 0 Å². The number of aromatic nitrogens is 2. The van der Waals surface area contributed by atoms with Crippen molar-refractivity contribution in [2.75, 3.05) is 0 Å². The molecule has 6 rings (SSSR count). The van der Waals surface area contributed by atoms with Gasteiger partial charge in [0.1, 0.15) is 0 Å². The van der Waals surface area contributed by atoms with Gasteiger partial charge in [-0.2, -0.15) is 0 Å². The topological polar surface area (TPSA) is 28.3 Å². The van der Waals surface area contributed by atoms with Gasteiger partial charge in [-0.1, -0.05) is 36.4 Å². The molecule has 0 amide bonds. The third kappa shape index (κ3) is 1.76. The molecule has 0 saturated heterocycles. The first kappa shape index (κ1) is 13.7. The van der Waals surface area contributed by atoms with Gasteiger partial charge in [-0.3, -0.25) is 0 Å². The highest BCUT2D eigenvalue weighted by Crippen LogP contribution is 2.37. The van der Waals surface area contributed by atoms with Gasteiger partial charge < -0.3 is 0 Å². The van der Waals surface area contributed by atoms with E-state index in [0.29, 0.717) is 0 Å². The molecule has 2 nitrogen and oxygen atoms in total. The highest BCUT2D eigenvalue weighted by atomic mass is 14.7. The van der Waals surface area contributed by atoms with E-state index in [0.717, 1.165) is 0 Å². The van der Waals surface area contributed by atoms with Crippen LogP contribution >= 0.6 is 0 Å². The molecule has 0 aliphatic heterocycles. The van der Waals surface area contributed by atoms with Gasteiger partial charge in [0.05, 0.1) is 10.8 Å². The van der Waals surface area contributed by atoms with E-state index < -0.39 is 0 Å². The van der Waals surface area contributed by atoms with Crippen LogP contribution in [-0.4, -0.2) is 0 Å². The Kier molecular flexibility index (Phi) is 2.64. The van der Waals surface area contributed by atoms with E-state index in [1.807, 2.05) is 12.4 Å². The number of pyridine rings is 2. The van der Waals surface area contributed by atoms with Crippen molar-refractivity contribution in [2.45, 2.75) is 0 Å². The second-order valence-corrected chi connectivity index (χ2v) is 6.83. The van der Waals surface area contributed by atoms with Crippen LogP contribution in [0.4, 0.5) is 0 Å². The molecule has 0 radical (unpaired) electrons. The van der Waals surface area contributed by atoms with Gasteiger partial charge in [0, 0.05) is 28.3 Å². The van der Waals surface area contributed by atoms with Crippen molar-refractivity contribution in [3.05, 3.63) is 85.2 Å². The van der Waals surface area contributed by atoms with Gasteiger partial charge in [0.15, 0.2) is 12.4 Å². The molecule has 0 spiro atoms. The normalized spacial score (nSPS) is 11.8. The van der Waals surface area contributed by atoms with Crippen molar-refractivity contribution in [1.82, 2.24) is 0 Å². The summed E-state index contributed by atoms with van der Waals surface area (Å²) in [5.74, 6) is 0. The molecule has 2 N–H and O–H groups in total.